The van der Waals surface area contributed by atoms with Gasteiger partial charge in [-0.15, -0.1) is 5.11 Å². The Balaban J connectivity index is 2.25. The molecule has 0 atom stereocenters. The molecule has 0 amide bonds. The number of pyridine rings is 1. The average molecular weight is 330 g/mol. The molecule has 2 aromatic rings. The Morgan fingerprint density at radius 1 is 1.17 bits per heavy atom. The van der Waals surface area contributed by atoms with Crippen molar-refractivity contribution in [2.75, 3.05) is 20.0 Å². The minimum Gasteiger partial charge on any atom is -0.481 e. The van der Waals surface area contributed by atoms with E-state index in [2.05, 4.69) is 20.2 Å². The number of methoxy groups -OCH3 is 1. The van der Waals surface area contributed by atoms with E-state index in [9.17, 15) is 8.42 Å². The van der Waals surface area contributed by atoms with Crippen LogP contribution in [0.25, 0.3) is 11.1 Å². The van der Waals surface area contributed by atoms with Crippen LogP contribution in [-0.2, 0) is 9.84 Å². The van der Waals surface area contributed by atoms with Crippen molar-refractivity contribution in [3.63, 3.8) is 0 Å². The van der Waals surface area contributed by atoms with Crippen LogP contribution < -0.4 is 4.74 Å². The van der Waals surface area contributed by atoms with Crippen molar-refractivity contribution in [2.45, 2.75) is 4.90 Å². The maximum absolute atomic E-state index is 12.1. The molecule has 1 aliphatic rings. The molecule has 0 saturated carbocycles. The number of ether oxygens (including phenoxy) is 1. The van der Waals surface area contributed by atoms with Gasteiger partial charge in [0.1, 0.15) is 0 Å². The highest BCUT2D eigenvalue weighted by molar-refractivity contribution is 7.90. The molecule has 0 spiro atoms. The zero-order valence-electron chi connectivity index (χ0n) is 12.6. The number of benzene rings is 1. The number of nitrogens with zero attached hydrogens (tertiary/aromatic N) is 4. The van der Waals surface area contributed by atoms with E-state index in [1.54, 1.807) is 24.4 Å². The molecule has 1 aliphatic heterocycles. The van der Waals surface area contributed by atoms with Crippen molar-refractivity contribution in [3.8, 4) is 17.0 Å². The molecule has 0 saturated heterocycles. The Morgan fingerprint density at radius 2 is 2.00 bits per heavy atom. The highest BCUT2D eigenvalue weighted by Crippen LogP contribution is 2.31. The molecule has 23 heavy (non-hydrogen) atoms. The summed E-state index contributed by atoms with van der Waals surface area (Å²) in [5.41, 5.74) is 1.88. The van der Waals surface area contributed by atoms with Crippen molar-refractivity contribution in [1.82, 2.24) is 4.98 Å². The highest BCUT2D eigenvalue weighted by atomic mass is 32.2. The summed E-state index contributed by atoms with van der Waals surface area (Å²) in [5, 5.41) is 7.78. The van der Waals surface area contributed by atoms with Crippen LogP contribution in [0, 0.1) is 0 Å². The Kier molecular flexibility index (Phi) is 3.91. The molecule has 0 fully saturated rings. The van der Waals surface area contributed by atoms with E-state index in [1.807, 2.05) is 12.1 Å². The first-order valence-electron chi connectivity index (χ1n) is 6.76. The van der Waals surface area contributed by atoms with Crippen LogP contribution in [0.2, 0.25) is 0 Å². The van der Waals surface area contributed by atoms with Crippen LogP contribution in [-0.4, -0.2) is 39.3 Å². The van der Waals surface area contributed by atoms with Crippen LogP contribution in [0.4, 0.5) is 0 Å². The van der Waals surface area contributed by atoms with E-state index in [0.717, 1.165) is 11.8 Å². The molecule has 0 radical (unpaired) electrons. The predicted octanol–water partition coefficient (Wildman–Crippen LogP) is 2.33. The Hall–Kier alpha value is -2.61. The molecule has 2 heterocycles. The molecule has 7 nitrogen and oxygen atoms in total. The molecule has 118 valence electrons. The van der Waals surface area contributed by atoms with E-state index in [4.69, 9.17) is 4.74 Å². The second-order valence-electron chi connectivity index (χ2n) is 4.90. The summed E-state index contributed by atoms with van der Waals surface area (Å²) in [6.07, 6.45) is 2.78. The van der Waals surface area contributed by atoms with E-state index >= 15 is 0 Å². The lowest BCUT2D eigenvalue weighted by molar-refractivity contribution is 0.398. The smallest absolute Gasteiger partial charge is 0.212 e. The molecule has 1 aromatic heterocycles. The summed E-state index contributed by atoms with van der Waals surface area (Å²) in [7, 11) is -1.91. The van der Waals surface area contributed by atoms with Crippen molar-refractivity contribution in [2.24, 2.45) is 15.2 Å². The van der Waals surface area contributed by atoms with Gasteiger partial charge < -0.3 is 4.74 Å². The van der Waals surface area contributed by atoms with Crippen molar-refractivity contribution in [1.29, 1.82) is 0 Å². The third-order valence-corrected chi connectivity index (χ3v) is 4.49. The topological polar surface area (TPSA) is 93.3 Å². The first-order chi connectivity index (χ1) is 11.0. The summed E-state index contributed by atoms with van der Waals surface area (Å²) < 4.78 is 29.3. The minimum absolute atomic E-state index is 0.172. The van der Waals surface area contributed by atoms with E-state index in [1.165, 1.54) is 7.11 Å². The molecular weight excluding hydrogens is 316 g/mol. The van der Waals surface area contributed by atoms with Crippen molar-refractivity contribution >= 4 is 15.7 Å². The van der Waals surface area contributed by atoms with Gasteiger partial charge >= 0.3 is 0 Å². The standard InChI is InChI=1S/C15H14N4O3S/c1-22-13-7-6-10(8-16-13)11-4-3-5-12(23(2,20)21)14(11)15-17-9-18-19-15/h3-8H,9H2,1-2H3. The summed E-state index contributed by atoms with van der Waals surface area (Å²) in [4.78, 5) is 8.51. The fourth-order valence-corrected chi connectivity index (χ4v) is 3.23. The number of aromatic nitrogens is 1. The second kappa shape index (κ2) is 5.88. The summed E-state index contributed by atoms with van der Waals surface area (Å²) >= 11 is 0. The number of hydrogen-bond acceptors (Lipinski definition) is 7. The molecular formula is C15H14N4O3S. The van der Waals surface area contributed by atoms with Crippen LogP contribution in [0.1, 0.15) is 5.56 Å². The van der Waals surface area contributed by atoms with Crippen LogP contribution in [0.15, 0.2) is 56.6 Å². The van der Waals surface area contributed by atoms with Gasteiger partial charge in [0.2, 0.25) is 5.88 Å². The molecule has 1 aromatic carbocycles. The van der Waals surface area contributed by atoms with E-state index in [0.29, 0.717) is 22.8 Å². The number of azo groups is 1. The SMILES string of the molecule is COc1ccc(-c2cccc(S(C)(=O)=O)c2C2=NCN=N2)cn1. The van der Waals surface area contributed by atoms with Gasteiger partial charge in [-0.25, -0.2) is 18.4 Å². The fraction of sp³-hybridized carbons (Fsp3) is 0.200. The first-order valence-corrected chi connectivity index (χ1v) is 8.65. The highest BCUT2D eigenvalue weighted by Gasteiger charge is 2.23. The zero-order chi connectivity index (χ0) is 16.4. The minimum atomic E-state index is -3.44. The van der Waals surface area contributed by atoms with Gasteiger partial charge in [0, 0.05) is 29.6 Å². The molecule has 8 heteroatoms. The maximum Gasteiger partial charge on any atom is 0.212 e. The monoisotopic (exact) mass is 330 g/mol. The summed E-state index contributed by atoms with van der Waals surface area (Å²) in [5.74, 6) is 0.796. The van der Waals surface area contributed by atoms with E-state index in [-0.39, 0.29) is 11.6 Å². The number of hydrogen-bond donors (Lipinski definition) is 0. The Morgan fingerprint density at radius 3 is 2.57 bits per heavy atom. The maximum atomic E-state index is 12.1. The number of amidine groups is 1. The average Bonchev–Trinajstić information content (AvgIpc) is 3.07. The number of aliphatic imine (C=N–C) groups is 1. The third kappa shape index (κ3) is 2.98. The van der Waals surface area contributed by atoms with Crippen LogP contribution in [0.5, 0.6) is 5.88 Å². The Bertz CT molecular complexity index is 903. The zero-order valence-corrected chi connectivity index (χ0v) is 13.4. The normalized spacial score (nSPS) is 13.9. The van der Waals surface area contributed by atoms with Gasteiger partial charge in [-0.2, -0.15) is 5.11 Å². The Labute approximate surface area is 133 Å². The van der Waals surface area contributed by atoms with Crippen molar-refractivity contribution < 1.29 is 13.2 Å². The largest absolute Gasteiger partial charge is 0.481 e. The first kappa shape index (κ1) is 15.3. The third-order valence-electron chi connectivity index (χ3n) is 3.35. The summed E-state index contributed by atoms with van der Waals surface area (Å²) in [6.45, 7) is 0.202. The predicted molar refractivity (Wildman–Crippen MR) is 85.6 cm³/mol. The lowest BCUT2D eigenvalue weighted by Crippen LogP contribution is -2.08. The molecule has 0 N–H and O–H groups in total. The molecule has 3 rings (SSSR count). The van der Waals surface area contributed by atoms with Gasteiger partial charge in [0.05, 0.1) is 12.0 Å². The van der Waals surface area contributed by atoms with Gasteiger partial charge in [-0.05, 0) is 17.7 Å². The fourth-order valence-electron chi connectivity index (χ4n) is 2.33. The summed E-state index contributed by atoms with van der Waals surface area (Å²) in [6, 6.07) is 8.56. The lowest BCUT2D eigenvalue weighted by atomic mass is 10.0. The van der Waals surface area contributed by atoms with E-state index < -0.39 is 9.84 Å². The van der Waals surface area contributed by atoms with Gasteiger partial charge in [-0.1, -0.05) is 12.1 Å². The van der Waals surface area contributed by atoms with Crippen LogP contribution in [0.3, 0.4) is 0 Å². The molecule has 0 bridgehead atoms. The van der Waals surface area contributed by atoms with Gasteiger partial charge in [0.15, 0.2) is 22.3 Å². The van der Waals surface area contributed by atoms with Crippen molar-refractivity contribution in [3.05, 3.63) is 42.1 Å². The number of rotatable bonds is 4. The molecule has 0 aliphatic carbocycles. The van der Waals surface area contributed by atoms with Gasteiger partial charge in [-0.3, -0.25) is 0 Å². The van der Waals surface area contributed by atoms with Gasteiger partial charge in [0.25, 0.3) is 0 Å². The lowest BCUT2D eigenvalue weighted by Gasteiger charge is -2.12. The number of sulfone groups is 1. The second-order valence-corrected chi connectivity index (χ2v) is 6.89. The molecule has 0 unspecified atom stereocenters. The van der Waals surface area contributed by atoms with Crippen LogP contribution >= 0.6 is 0 Å². The quantitative estimate of drug-likeness (QED) is 0.860.